The molecule has 1 heterocycles. The fraction of sp³-hybridized carbons (Fsp3) is 0.500. The third-order valence-electron chi connectivity index (χ3n) is 3.11. The van der Waals surface area contributed by atoms with Gasteiger partial charge in [0.25, 0.3) is 0 Å². The maximum atomic E-state index is 11.4. The summed E-state index contributed by atoms with van der Waals surface area (Å²) in [4.78, 5) is 11.4. The molecule has 4 nitrogen and oxygen atoms in total. The second-order valence-corrected chi connectivity index (χ2v) is 4.60. The lowest BCUT2D eigenvalue weighted by atomic mass is 10.1. The Hall–Kier alpha value is -1.55. The van der Waals surface area contributed by atoms with Crippen molar-refractivity contribution in [3.63, 3.8) is 0 Å². The molecule has 1 unspecified atom stereocenters. The van der Waals surface area contributed by atoms with Crippen LogP contribution >= 0.6 is 0 Å². The molecule has 1 saturated heterocycles. The van der Waals surface area contributed by atoms with Gasteiger partial charge in [-0.15, -0.1) is 0 Å². The van der Waals surface area contributed by atoms with Gasteiger partial charge in [0.2, 0.25) is 0 Å². The van der Waals surface area contributed by atoms with E-state index in [-0.39, 0.29) is 11.9 Å². The number of benzene rings is 1. The molecule has 4 heteroatoms. The van der Waals surface area contributed by atoms with Crippen molar-refractivity contribution in [2.24, 2.45) is 0 Å². The average Bonchev–Trinajstić information content (AvgIpc) is 2.38. The van der Waals surface area contributed by atoms with Crippen LogP contribution in [0.25, 0.3) is 0 Å². The quantitative estimate of drug-likeness (QED) is 0.657. The normalized spacial score (nSPS) is 19.5. The number of anilines is 1. The summed E-state index contributed by atoms with van der Waals surface area (Å²) in [5.74, 6) is 0.621. The molecular formula is C14H19NO3. The van der Waals surface area contributed by atoms with Crippen molar-refractivity contribution in [3.05, 3.63) is 23.8 Å². The number of ketones is 1. The SMILES string of the molecule is CC(=O)c1cc(OCC2CCCCO2)ccc1N. The van der Waals surface area contributed by atoms with Gasteiger partial charge in [-0.1, -0.05) is 0 Å². The Morgan fingerprint density at radius 3 is 3.00 bits per heavy atom. The molecule has 0 spiro atoms. The topological polar surface area (TPSA) is 61.5 Å². The van der Waals surface area contributed by atoms with Gasteiger partial charge in [0.05, 0.1) is 6.10 Å². The molecule has 0 bridgehead atoms. The van der Waals surface area contributed by atoms with Crippen molar-refractivity contribution in [1.82, 2.24) is 0 Å². The van der Waals surface area contributed by atoms with Crippen LogP contribution in [0.15, 0.2) is 18.2 Å². The van der Waals surface area contributed by atoms with Crippen LogP contribution in [0, 0.1) is 0 Å². The summed E-state index contributed by atoms with van der Waals surface area (Å²) in [7, 11) is 0. The van der Waals surface area contributed by atoms with E-state index in [9.17, 15) is 4.79 Å². The lowest BCUT2D eigenvalue weighted by Gasteiger charge is -2.22. The Labute approximate surface area is 107 Å². The molecule has 0 saturated carbocycles. The molecule has 0 amide bonds. The summed E-state index contributed by atoms with van der Waals surface area (Å²) in [6.07, 6.45) is 3.52. The highest BCUT2D eigenvalue weighted by Gasteiger charge is 2.15. The van der Waals surface area contributed by atoms with Crippen molar-refractivity contribution in [2.45, 2.75) is 32.3 Å². The van der Waals surface area contributed by atoms with E-state index in [1.165, 1.54) is 13.3 Å². The van der Waals surface area contributed by atoms with Gasteiger partial charge in [0.1, 0.15) is 12.4 Å². The van der Waals surface area contributed by atoms with Crippen LogP contribution in [0.4, 0.5) is 5.69 Å². The third kappa shape index (κ3) is 3.23. The Bertz CT molecular complexity index is 425. The van der Waals surface area contributed by atoms with Gasteiger partial charge in [-0.3, -0.25) is 4.79 Å². The molecule has 1 aliphatic rings. The molecule has 0 aromatic heterocycles. The summed E-state index contributed by atoms with van der Waals surface area (Å²) in [5.41, 5.74) is 6.73. The molecule has 2 N–H and O–H groups in total. The summed E-state index contributed by atoms with van der Waals surface area (Å²) in [6.45, 7) is 2.84. The number of nitrogens with two attached hydrogens (primary N) is 1. The molecular weight excluding hydrogens is 230 g/mol. The van der Waals surface area contributed by atoms with E-state index in [4.69, 9.17) is 15.2 Å². The van der Waals surface area contributed by atoms with Gasteiger partial charge < -0.3 is 15.2 Å². The summed E-state index contributed by atoms with van der Waals surface area (Å²) in [5, 5.41) is 0. The fourth-order valence-corrected chi connectivity index (χ4v) is 2.06. The molecule has 0 radical (unpaired) electrons. The van der Waals surface area contributed by atoms with E-state index >= 15 is 0 Å². The Kier molecular flexibility index (Phi) is 4.20. The Morgan fingerprint density at radius 1 is 1.50 bits per heavy atom. The number of nitrogen functional groups attached to an aromatic ring is 1. The first-order valence-electron chi connectivity index (χ1n) is 6.31. The molecule has 2 rings (SSSR count). The Morgan fingerprint density at radius 2 is 2.33 bits per heavy atom. The van der Waals surface area contributed by atoms with E-state index in [0.717, 1.165) is 19.4 Å². The van der Waals surface area contributed by atoms with Gasteiger partial charge in [-0.25, -0.2) is 0 Å². The van der Waals surface area contributed by atoms with Crippen molar-refractivity contribution >= 4 is 11.5 Å². The smallest absolute Gasteiger partial charge is 0.162 e. The molecule has 1 aliphatic heterocycles. The third-order valence-corrected chi connectivity index (χ3v) is 3.11. The lowest BCUT2D eigenvalue weighted by Crippen LogP contribution is -2.25. The highest BCUT2D eigenvalue weighted by atomic mass is 16.5. The number of ether oxygens (including phenoxy) is 2. The molecule has 1 atom stereocenters. The van der Waals surface area contributed by atoms with Crippen molar-refractivity contribution < 1.29 is 14.3 Å². The second-order valence-electron chi connectivity index (χ2n) is 4.60. The Balaban J connectivity index is 1.96. The number of hydrogen-bond donors (Lipinski definition) is 1. The monoisotopic (exact) mass is 249 g/mol. The number of hydrogen-bond acceptors (Lipinski definition) is 4. The first-order chi connectivity index (χ1) is 8.66. The minimum absolute atomic E-state index is 0.0492. The maximum absolute atomic E-state index is 11.4. The maximum Gasteiger partial charge on any atom is 0.162 e. The van der Waals surface area contributed by atoms with Crippen LogP contribution in [0.5, 0.6) is 5.75 Å². The zero-order valence-corrected chi connectivity index (χ0v) is 10.6. The standard InChI is InChI=1S/C14H19NO3/c1-10(16)13-8-11(5-6-14(13)15)18-9-12-4-2-3-7-17-12/h5-6,8,12H,2-4,7,9,15H2,1H3. The van der Waals surface area contributed by atoms with Gasteiger partial charge >= 0.3 is 0 Å². The van der Waals surface area contributed by atoms with Crippen LogP contribution in [-0.4, -0.2) is 25.1 Å². The minimum Gasteiger partial charge on any atom is -0.491 e. The molecule has 18 heavy (non-hydrogen) atoms. The van der Waals surface area contributed by atoms with E-state index in [0.29, 0.717) is 23.6 Å². The largest absolute Gasteiger partial charge is 0.491 e. The number of carbonyl (C=O) groups is 1. The number of Topliss-reactive ketones (excluding diaryl/α,β-unsaturated/α-hetero) is 1. The van der Waals surface area contributed by atoms with Crippen molar-refractivity contribution in [2.75, 3.05) is 18.9 Å². The van der Waals surface area contributed by atoms with E-state index in [2.05, 4.69) is 0 Å². The number of rotatable bonds is 4. The predicted molar refractivity (Wildman–Crippen MR) is 69.9 cm³/mol. The first-order valence-corrected chi connectivity index (χ1v) is 6.31. The van der Waals surface area contributed by atoms with E-state index < -0.39 is 0 Å². The van der Waals surface area contributed by atoms with Crippen LogP contribution in [0.2, 0.25) is 0 Å². The summed E-state index contributed by atoms with van der Waals surface area (Å²) in [6, 6.07) is 5.18. The average molecular weight is 249 g/mol. The lowest BCUT2D eigenvalue weighted by molar-refractivity contribution is -0.0110. The van der Waals surface area contributed by atoms with Gasteiger partial charge in [0.15, 0.2) is 5.78 Å². The van der Waals surface area contributed by atoms with Crippen LogP contribution in [0.3, 0.4) is 0 Å². The summed E-state index contributed by atoms with van der Waals surface area (Å²) >= 11 is 0. The van der Waals surface area contributed by atoms with Crippen LogP contribution < -0.4 is 10.5 Å². The van der Waals surface area contributed by atoms with Crippen molar-refractivity contribution in [3.8, 4) is 5.75 Å². The fourth-order valence-electron chi connectivity index (χ4n) is 2.06. The first kappa shape index (κ1) is 12.9. The molecule has 98 valence electrons. The van der Waals surface area contributed by atoms with Crippen molar-refractivity contribution in [1.29, 1.82) is 0 Å². The van der Waals surface area contributed by atoms with Gasteiger partial charge in [-0.2, -0.15) is 0 Å². The molecule has 0 aliphatic carbocycles. The predicted octanol–water partition coefficient (Wildman–Crippen LogP) is 2.42. The summed E-state index contributed by atoms with van der Waals surface area (Å²) < 4.78 is 11.2. The molecule has 1 aromatic carbocycles. The van der Waals surface area contributed by atoms with E-state index in [1.54, 1.807) is 18.2 Å². The zero-order valence-electron chi connectivity index (χ0n) is 10.6. The highest BCUT2D eigenvalue weighted by Crippen LogP contribution is 2.21. The molecule has 1 fully saturated rings. The van der Waals surface area contributed by atoms with Crippen LogP contribution in [0.1, 0.15) is 36.5 Å². The number of carbonyl (C=O) groups excluding carboxylic acids is 1. The van der Waals surface area contributed by atoms with Gasteiger partial charge in [0, 0.05) is 17.9 Å². The zero-order chi connectivity index (χ0) is 13.0. The second kappa shape index (κ2) is 5.87. The molecule has 1 aromatic rings. The minimum atomic E-state index is -0.0492. The van der Waals surface area contributed by atoms with Crippen LogP contribution in [-0.2, 0) is 4.74 Å². The van der Waals surface area contributed by atoms with E-state index in [1.807, 2.05) is 0 Å². The highest BCUT2D eigenvalue weighted by molar-refractivity contribution is 5.99. The van der Waals surface area contributed by atoms with Gasteiger partial charge in [-0.05, 0) is 44.4 Å².